The second-order valence-corrected chi connectivity index (χ2v) is 21.0. The van der Waals surface area contributed by atoms with Crippen molar-refractivity contribution in [3.63, 3.8) is 0 Å². The number of nitrogens with one attached hydrogen (secondary N) is 8. The Morgan fingerprint density at radius 2 is 0.901 bits per heavy atom. The number of carboxylic acids is 2. The van der Waals surface area contributed by atoms with Gasteiger partial charge in [0.1, 0.15) is 48.3 Å². The van der Waals surface area contributed by atoms with Gasteiger partial charge in [0.05, 0.1) is 18.9 Å². The highest BCUT2D eigenvalue weighted by atomic mass is 16.4. The highest BCUT2D eigenvalue weighted by molar-refractivity contribution is 5.99. The average molecular weight is 1150 g/mol. The van der Waals surface area contributed by atoms with Gasteiger partial charge in [0.15, 0.2) is 11.9 Å². The van der Waals surface area contributed by atoms with Crippen LogP contribution in [0, 0.1) is 23.7 Å². The van der Waals surface area contributed by atoms with Crippen LogP contribution < -0.4 is 76.9 Å². The van der Waals surface area contributed by atoms with Crippen molar-refractivity contribution in [3.8, 4) is 0 Å². The highest BCUT2D eigenvalue weighted by Crippen LogP contribution is 2.14. The van der Waals surface area contributed by atoms with Crippen LogP contribution in [0.25, 0.3) is 0 Å². The van der Waals surface area contributed by atoms with Crippen molar-refractivity contribution in [2.24, 2.45) is 68.1 Å². The molecule has 29 heteroatoms. The number of carbonyl (C=O) groups is 11. The van der Waals surface area contributed by atoms with Gasteiger partial charge in [-0.05, 0) is 67.8 Å². The molecule has 0 unspecified atom stereocenters. The number of carboxylic acid groups (broad SMARTS) is 2. The molecular weight excluding hydrogens is 1060 g/mol. The number of amides is 9. The van der Waals surface area contributed by atoms with Gasteiger partial charge in [-0.15, -0.1) is 0 Å². The molecule has 0 heterocycles. The summed E-state index contributed by atoms with van der Waals surface area (Å²) in [5.41, 5.74) is 34.2. The van der Waals surface area contributed by atoms with Crippen molar-refractivity contribution < 1.29 is 63.0 Å². The molecule has 454 valence electrons. The van der Waals surface area contributed by atoms with Crippen molar-refractivity contribution >= 4 is 77.0 Å². The number of rotatable bonds is 38. The van der Waals surface area contributed by atoms with E-state index in [0.717, 1.165) is 0 Å². The third-order valence-electron chi connectivity index (χ3n) is 12.5. The largest absolute Gasteiger partial charge is 0.481 e. The van der Waals surface area contributed by atoms with Crippen LogP contribution in [-0.4, -0.2) is 155 Å². The van der Waals surface area contributed by atoms with Crippen LogP contribution in [0.5, 0.6) is 0 Å². The maximum Gasteiger partial charge on any atom is 0.326 e. The Morgan fingerprint density at radius 3 is 1.35 bits per heavy atom. The van der Waals surface area contributed by atoms with Crippen LogP contribution in [0.15, 0.2) is 40.3 Å². The Kier molecular flexibility index (Phi) is 31.7. The summed E-state index contributed by atoms with van der Waals surface area (Å²) >= 11 is 0. The van der Waals surface area contributed by atoms with Gasteiger partial charge in [-0.1, -0.05) is 92.1 Å². The minimum Gasteiger partial charge on any atom is -0.481 e. The third-order valence-corrected chi connectivity index (χ3v) is 12.5. The van der Waals surface area contributed by atoms with Crippen LogP contribution >= 0.6 is 0 Å². The number of primary amides is 1. The Hall–Kier alpha value is -8.11. The van der Waals surface area contributed by atoms with Crippen LogP contribution in [0.1, 0.15) is 119 Å². The molecule has 0 saturated carbocycles. The number of aliphatic imine (C=N–C) groups is 2. The van der Waals surface area contributed by atoms with Crippen LogP contribution in [-0.2, 0) is 59.2 Å². The second-order valence-electron chi connectivity index (χ2n) is 21.0. The predicted molar refractivity (Wildman–Crippen MR) is 300 cm³/mol. The van der Waals surface area contributed by atoms with E-state index in [2.05, 4.69) is 52.5 Å². The molecule has 0 bridgehead atoms. The molecule has 1 aromatic rings. The zero-order valence-corrected chi connectivity index (χ0v) is 47.6. The Morgan fingerprint density at radius 1 is 0.494 bits per heavy atom. The summed E-state index contributed by atoms with van der Waals surface area (Å²) in [7, 11) is 0. The molecule has 29 nitrogen and oxygen atoms in total. The highest BCUT2D eigenvalue weighted by Gasteiger charge is 2.37. The first-order valence-corrected chi connectivity index (χ1v) is 26.9. The normalized spacial score (nSPS) is 14.8. The lowest BCUT2D eigenvalue weighted by molar-refractivity contribution is -0.144. The van der Waals surface area contributed by atoms with Crippen LogP contribution in [0.4, 0.5) is 0 Å². The van der Waals surface area contributed by atoms with Gasteiger partial charge in [0, 0.05) is 19.5 Å². The molecule has 0 aliphatic rings. The number of hydrogen-bond acceptors (Lipinski definition) is 14. The van der Waals surface area contributed by atoms with E-state index in [0.29, 0.717) is 12.0 Å². The summed E-state index contributed by atoms with van der Waals surface area (Å²) in [5, 5.41) is 39.5. The lowest BCUT2D eigenvalue weighted by Crippen LogP contribution is -2.62. The molecule has 1 aromatic carbocycles. The summed E-state index contributed by atoms with van der Waals surface area (Å²) in [5.74, 6) is -13.3. The van der Waals surface area contributed by atoms with E-state index in [4.69, 9.17) is 34.4 Å². The molecule has 0 aliphatic heterocycles. The summed E-state index contributed by atoms with van der Waals surface area (Å²) in [6.07, 6.45) is -1.59. The van der Waals surface area contributed by atoms with Gasteiger partial charge >= 0.3 is 11.9 Å². The van der Waals surface area contributed by atoms with Gasteiger partial charge < -0.3 is 87.1 Å². The number of guanidine groups is 2. The number of hydrogen-bond donors (Lipinski definition) is 16. The Balaban J connectivity index is 3.70. The molecule has 1 rings (SSSR count). The van der Waals surface area contributed by atoms with Gasteiger partial charge in [-0.3, -0.25) is 57.9 Å². The zero-order valence-electron chi connectivity index (χ0n) is 47.6. The van der Waals surface area contributed by atoms with Gasteiger partial charge in [-0.2, -0.15) is 0 Å². The molecule has 22 N–H and O–H groups in total. The van der Waals surface area contributed by atoms with Gasteiger partial charge in [0.25, 0.3) is 0 Å². The number of nitrogens with zero attached hydrogens (tertiary/aromatic N) is 2. The maximum absolute atomic E-state index is 14.4. The molecule has 0 radical (unpaired) electrons. The quantitative estimate of drug-likeness (QED) is 0.0176. The van der Waals surface area contributed by atoms with Crippen molar-refractivity contribution in [2.45, 2.75) is 174 Å². The molecule has 0 aromatic heterocycles. The van der Waals surface area contributed by atoms with E-state index in [-0.39, 0.29) is 81.8 Å². The minimum absolute atomic E-state index is 0.0183. The third kappa shape index (κ3) is 28.0. The lowest BCUT2D eigenvalue weighted by Gasteiger charge is -2.30. The van der Waals surface area contributed by atoms with E-state index < -0.39 is 144 Å². The van der Waals surface area contributed by atoms with E-state index >= 15 is 0 Å². The fourth-order valence-corrected chi connectivity index (χ4v) is 8.07. The van der Waals surface area contributed by atoms with E-state index in [1.807, 2.05) is 13.8 Å². The van der Waals surface area contributed by atoms with Gasteiger partial charge in [0.2, 0.25) is 53.2 Å². The number of nitrogens with two attached hydrogens (primary N) is 6. The van der Waals surface area contributed by atoms with Gasteiger partial charge in [-0.25, -0.2) is 4.79 Å². The summed E-state index contributed by atoms with van der Waals surface area (Å²) < 4.78 is 0. The minimum atomic E-state index is -1.81. The zero-order chi connectivity index (χ0) is 61.7. The summed E-state index contributed by atoms with van der Waals surface area (Å²) in [4.78, 5) is 156. The Labute approximate surface area is 472 Å². The number of benzene rings is 1. The number of aliphatic carboxylic acids is 2. The molecule has 0 saturated heterocycles. The lowest BCUT2D eigenvalue weighted by atomic mass is 9.96. The predicted octanol–water partition coefficient (Wildman–Crippen LogP) is -3.23. The van der Waals surface area contributed by atoms with Crippen LogP contribution in [0.2, 0.25) is 0 Å². The van der Waals surface area contributed by atoms with E-state index in [9.17, 15) is 63.0 Å². The monoisotopic (exact) mass is 1140 g/mol. The topological polar surface area (TPSA) is 505 Å². The molecular formula is C52H88N16O13. The second kappa shape index (κ2) is 36.2. The first kappa shape index (κ1) is 70.9. The summed E-state index contributed by atoms with van der Waals surface area (Å²) in [6, 6.07) is -4.85. The summed E-state index contributed by atoms with van der Waals surface area (Å²) in [6.45, 7) is 13.8. The molecule has 10 atom stereocenters. The van der Waals surface area contributed by atoms with Crippen molar-refractivity contribution in [2.75, 3.05) is 13.1 Å². The average Bonchev–Trinajstić information content (AvgIpc) is 3.39. The van der Waals surface area contributed by atoms with E-state index in [1.165, 1.54) is 0 Å². The van der Waals surface area contributed by atoms with Crippen molar-refractivity contribution in [1.29, 1.82) is 0 Å². The SMILES string of the molecule is CC[C@H](C)[C@H](NC(=O)[C@H](CC(N)=O)NC(=O)[C@H](CCCN=C(N)N)NC(=O)[C@H](CCCN=C(N)N)NC(=O)[C@@H](NC(=O)[C@@H](N)CC(C)C)C(C)C)C(=O)N[C@@H](Cc1ccccc1)C(=O)N[C@@H](CC(=O)O)C(=O)N[C@@H](CC(C)C)C(=O)O. The molecule has 0 spiro atoms. The standard InChI is InChI=1S/C52H88N16O13/c1-9-29(8)41(49(79)65-34(23-30-15-11-10-12-16-30)45(75)64-36(25-39(70)71)46(76)66-37(50(80)81)22-27(4)5)68-47(77)35(24-38(54)69)63-44(74)32(17-13-19-59-51(55)56)61-43(73)33(18-14-20-60-52(57)58)62-48(78)40(28(6)7)67-42(72)31(53)21-26(2)3/h10-12,15-16,26-29,31-37,40-41H,9,13-14,17-25,53H2,1-8H3,(H2,54,69)(H,61,73)(H,62,78)(H,63,74)(H,64,75)(H,65,79)(H,66,76)(H,67,72)(H,68,77)(H,70,71)(H,80,81)(H4,55,56,59)(H4,57,58,60)/t29-,31-,32-,33-,34-,35-,36-,37-,40-,41-/m0/s1. The number of carbonyl (C=O) groups excluding carboxylic acids is 9. The molecule has 81 heavy (non-hydrogen) atoms. The van der Waals surface area contributed by atoms with Crippen molar-refractivity contribution in [3.05, 3.63) is 35.9 Å². The van der Waals surface area contributed by atoms with E-state index in [1.54, 1.807) is 71.9 Å². The maximum atomic E-state index is 14.4. The Bertz CT molecular complexity index is 2350. The smallest absolute Gasteiger partial charge is 0.326 e. The van der Waals surface area contributed by atoms with Crippen molar-refractivity contribution in [1.82, 2.24) is 42.5 Å². The molecule has 0 aliphatic carbocycles. The first-order chi connectivity index (χ1) is 37.9. The fraction of sp³-hybridized carbons (Fsp3) is 0.635. The first-order valence-electron chi connectivity index (χ1n) is 26.9. The molecule has 0 fully saturated rings. The van der Waals surface area contributed by atoms with Crippen LogP contribution in [0.3, 0.4) is 0 Å². The fourth-order valence-electron chi connectivity index (χ4n) is 8.07. The molecule has 9 amide bonds.